The lowest BCUT2D eigenvalue weighted by Crippen LogP contribution is -1.99. The smallest absolute Gasteiger partial charge is 0.146 e. The summed E-state index contributed by atoms with van der Waals surface area (Å²) in [6.07, 6.45) is 4.78. The number of nitrogens with one attached hydrogen (secondary N) is 1. The van der Waals surface area contributed by atoms with Crippen LogP contribution in [0.3, 0.4) is 0 Å². The Kier molecular flexibility index (Phi) is 3.11. The van der Waals surface area contributed by atoms with Crippen LogP contribution in [-0.4, -0.2) is 22.5 Å². The fourth-order valence-corrected chi connectivity index (χ4v) is 2.21. The van der Waals surface area contributed by atoms with Gasteiger partial charge >= 0.3 is 0 Å². The molecule has 3 nitrogen and oxygen atoms in total. The van der Waals surface area contributed by atoms with Crippen molar-refractivity contribution in [2.45, 2.75) is 18.9 Å². The van der Waals surface area contributed by atoms with Crippen molar-refractivity contribution in [3.05, 3.63) is 41.7 Å². The molecule has 17 heavy (non-hydrogen) atoms. The number of carbonyl (C=O) groups is 1. The summed E-state index contributed by atoms with van der Waals surface area (Å²) >= 11 is 0. The van der Waals surface area contributed by atoms with Crippen LogP contribution in [-0.2, 0) is 4.79 Å². The lowest BCUT2D eigenvalue weighted by molar-refractivity contribution is -0.105. The molecule has 0 saturated carbocycles. The summed E-state index contributed by atoms with van der Waals surface area (Å²) in [5.74, 6) is 0. The Morgan fingerprint density at radius 3 is 2.65 bits per heavy atom. The molecule has 1 atom stereocenters. The van der Waals surface area contributed by atoms with Gasteiger partial charge in [0.2, 0.25) is 0 Å². The van der Waals surface area contributed by atoms with Crippen molar-refractivity contribution < 1.29 is 9.90 Å². The van der Waals surface area contributed by atoms with E-state index in [0.717, 1.165) is 28.8 Å². The molecule has 2 N–H and O–H groups in total. The fourth-order valence-electron chi connectivity index (χ4n) is 2.21. The van der Waals surface area contributed by atoms with Gasteiger partial charge in [-0.05, 0) is 28.9 Å². The number of H-pyrrole nitrogens is 1. The van der Waals surface area contributed by atoms with Crippen LogP contribution >= 0.6 is 0 Å². The maximum Gasteiger partial charge on any atom is 0.146 e. The molecule has 3 heteroatoms. The number of aromatic nitrogens is 1. The Morgan fingerprint density at radius 1 is 1.35 bits per heavy atom. The molecule has 1 aliphatic rings. The van der Waals surface area contributed by atoms with Crippen LogP contribution in [0.2, 0.25) is 0 Å². The second kappa shape index (κ2) is 4.55. The van der Waals surface area contributed by atoms with Crippen molar-refractivity contribution in [1.29, 1.82) is 0 Å². The van der Waals surface area contributed by atoms with Crippen molar-refractivity contribution in [2.24, 2.45) is 0 Å². The Balaban J connectivity index is 2.46. The molecular formula is C14H15NO2. The second-order valence-electron chi connectivity index (χ2n) is 4.14. The van der Waals surface area contributed by atoms with Gasteiger partial charge in [-0.15, -0.1) is 0 Å². The fraction of sp³-hybridized carbons (Fsp3) is 0.214. The highest BCUT2D eigenvalue weighted by Crippen LogP contribution is 2.33. The van der Waals surface area contributed by atoms with Gasteiger partial charge in [-0.3, -0.25) is 4.79 Å². The first-order valence-corrected chi connectivity index (χ1v) is 5.53. The molecule has 1 heterocycles. The van der Waals surface area contributed by atoms with Crippen molar-refractivity contribution in [3.63, 3.8) is 0 Å². The highest BCUT2D eigenvalue weighted by atomic mass is 16.3. The Labute approximate surface area is 100 Å². The predicted molar refractivity (Wildman–Crippen MR) is 69.2 cm³/mol. The Bertz CT molecular complexity index is 483. The van der Waals surface area contributed by atoms with Gasteiger partial charge in [0, 0.05) is 24.2 Å². The standard InChI is InChI=1S/C14H15NO2/c1-3-9-6-14(15-13(9)4-2)12-7-11(17)5-10(12)8-16/h3-4,6,8,11,15,17H,1-2,5,7H2. The molecule has 0 bridgehead atoms. The third kappa shape index (κ3) is 2.01. The summed E-state index contributed by atoms with van der Waals surface area (Å²) in [4.78, 5) is 14.1. The normalized spacial score (nSPS) is 19.5. The van der Waals surface area contributed by atoms with Crippen LogP contribution in [0.4, 0.5) is 0 Å². The molecule has 0 fully saturated rings. The molecule has 1 aromatic rings. The summed E-state index contributed by atoms with van der Waals surface area (Å²) in [6, 6.07) is 1.93. The van der Waals surface area contributed by atoms with Crippen molar-refractivity contribution >= 4 is 24.0 Å². The van der Waals surface area contributed by atoms with Gasteiger partial charge in [0.1, 0.15) is 6.29 Å². The summed E-state index contributed by atoms with van der Waals surface area (Å²) in [5, 5.41) is 9.60. The van der Waals surface area contributed by atoms with Crippen LogP contribution < -0.4 is 0 Å². The molecule has 1 unspecified atom stereocenters. The van der Waals surface area contributed by atoms with Gasteiger partial charge in [-0.2, -0.15) is 0 Å². The first-order valence-electron chi connectivity index (χ1n) is 5.53. The number of aliphatic hydroxyl groups excluding tert-OH is 1. The molecular weight excluding hydrogens is 214 g/mol. The van der Waals surface area contributed by atoms with E-state index in [9.17, 15) is 9.90 Å². The minimum absolute atomic E-state index is 0.435. The molecule has 0 amide bonds. The summed E-state index contributed by atoms with van der Waals surface area (Å²) in [6.45, 7) is 7.45. The lowest BCUT2D eigenvalue weighted by Gasteiger charge is -2.00. The van der Waals surface area contributed by atoms with Gasteiger partial charge in [0.25, 0.3) is 0 Å². The summed E-state index contributed by atoms with van der Waals surface area (Å²) in [5.41, 5.74) is 4.27. The maximum absolute atomic E-state index is 10.9. The van der Waals surface area contributed by atoms with Crippen molar-refractivity contribution in [1.82, 2.24) is 4.98 Å². The number of carbonyl (C=O) groups excluding carboxylic acids is 1. The highest BCUT2D eigenvalue weighted by Gasteiger charge is 2.24. The molecule has 2 rings (SSSR count). The van der Waals surface area contributed by atoms with Crippen molar-refractivity contribution in [2.75, 3.05) is 0 Å². The van der Waals surface area contributed by atoms with Gasteiger partial charge in [-0.25, -0.2) is 0 Å². The number of aliphatic hydroxyl groups is 1. The van der Waals surface area contributed by atoms with Gasteiger partial charge in [0.15, 0.2) is 0 Å². The topological polar surface area (TPSA) is 53.1 Å². The summed E-state index contributed by atoms with van der Waals surface area (Å²) < 4.78 is 0. The molecule has 1 aromatic heterocycles. The molecule has 88 valence electrons. The van der Waals surface area contributed by atoms with E-state index in [2.05, 4.69) is 18.1 Å². The first kappa shape index (κ1) is 11.6. The zero-order valence-corrected chi connectivity index (χ0v) is 9.57. The lowest BCUT2D eigenvalue weighted by atomic mass is 10.1. The van der Waals surface area contributed by atoms with Gasteiger partial charge in [0.05, 0.1) is 6.10 Å². The van der Waals surface area contributed by atoms with E-state index in [1.807, 2.05) is 6.07 Å². The second-order valence-corrected chi connectivity index (χ2v) is 4.14. The van der Waals surface area contributed by atoms with E-state index in [-0.39, 0.29) is 0 Å². The minimum atomic E-state index is -0.451. The third-order valence-corrected chi connectivity index (χ3v) is 3.05. The Morgan fingerprint density at radius 2 is 2.12 bits per heavy atom. The SMILES string of the molecule is C=Cc1cc(C2=C(C=O)CC(O)C2)[nH]c1C=C. The Hall–Kier alpha value is -1.87. The van der Waals surface area contributed by atoms with Crippen LogP contribution in [0.1, 0.15) is 29.8 Å². The van der Waals surface area contributed by atoms with E-state index in [0.29, 0.717) is 18.4 Å². The van der Waals surface area contributed by atoms with E-state index in [4.69, 9.17) is 0 Å². The molecule has 0 spiro atoms. The van der Waals surface area contributed by atoms with Crippen LogP contribution in [0.5, 0.6) is 0 Å². The highest BCUT2D eigenvalue weighted by molar-refractivity contribution is 5.90. The largest absolute Gasteiger partial charge is 0.392 e. The van der Waals surface area contributed by atoms with E-state index >= 15 is 0 Å². The first-order chi connectivity index (χ1) is 8.19. The van der Waals surface area contributed by atoms with E-state index in [1.54, 1.807) is 12.2 Å². The predicted octanol–water partition coefficient (Wildman–Crippen LogP) is 2.41. The maximum atomic E-state index is 10.9. The van der Waals surface area contributed by atoms with Gasteiger partial charge < -0.3 is 10.1 Å². The van der Waals surface area contributed by atoms with Crippen molar-refractivity contribution in [3.8, 4) is 0 Å². The zero-order valence-electron chi connectivity index (χ0n) is 9.57. The van der Waals surface area contributed by atoms with E-state index in [1.165, 1.54) is 0 Å². The average molecular weight is 229 g/mol. The minimum Gasteiger partial charge on any atom is -0.392 e. The number of aromatic amines is 1. The number of hydrogen-bond donors (Lipinski definition) is 2. The van der Waals surface area contributed by atoms with Crippen LogP contribution in [0.25, 0.3) is 17.7 Å². The quantitative estimate of drug-likeness (QED) is 0.779. The molecule has 1 aliphatic carbocycles. The molecule has 0 aromatic carbocycles. The summed E-state index contributed by atoms with van der Waals surface area (Å²) in [7, 11) is 0. The van der Waals surface area contributed by atoms with Gasteiger partial charge in [-0.1, -0.05) is 19.2 Å². The number of aldehydes is 1. The molecule has 0 aliphatic heterocycles. The monoisotopic (exact) mass is 229 g/mol. The zero-order chi connectivity index (χ0) is 12.4. The van der Waals surface area contributed by atoms with E-state index < -0.39 is 6.10 Å². The molecule has 0 saturated heterocycles. The number of hydrogen-bond acceptors (Lipinski definition) is 2. The number of rotatable bonds is 4. The van der Waals surface area contributed by atoms with Crippen LogP contribution in [0, 0.1) is 0 Å². The van der Waals surface area contributed by atoms with Crippen LogP contribution in [0.15, 0.2) is 24.8 Å². The molecule has 0 radical (unpaired) electrons. The average Bonchev–Trinajstić information content (AvgIpc) is 2.91. The third-order valence-electron chi connectivity index (χ3n) is 3.05.